The van der Waals surface area contributed by atoms with Gasteiger partial charge in [0, 0.05) is 49.9 Å². The second-order valence-electron chi connectivity index (χ2n) is 8.36. The van der Waals surface area contributed by atoms with Crippen LogP contribution in [0.2, 0.25) is 0 Å². The second kappa shape index (κ2) is 9.84. The molecule has 1 saturated heterocycles. The molecule has 0 spiro atoms. The van der Waals surface area contributed by atoms with Crippen molar-refractivity contribution in [1.82, 2.24) is 14.8 Å². The van der Waals surface area contributed by atoms with Crippen molar-refractivity contribution < 1.29 is 9.53 Å². The van der Waals surface area contributed by atoms with Gasteiger partial charge in [-0.3, -0.25) is 14.7 Å². The van der Waals surface area contributed by atoms with Gasteiger partial charge in [-0.2, -0.15) is 0 Å². The van der Waals surface area contributed by atoms with E-state index in [1.807, 2.05) is 71.8 Å². The van der Waals surface area contributed by atoms with Gasteiger partial charge in [-0.15, -0.1) is 0 Å². The number of pyridine rings is 1. The first-order valence-electron chi connectivity index (χ1n) is 11.4. The van der Waals surface area contributed by atoms with E-state index in [4.69, 9.17) is 4.74 Å². The zero-order valence-corrected chi connectivity index (χ0v) is 18.6. The second-order valence-corrected chi connectivity index (χ2v) is 8.36. The zero-order chi connectivity index (χ0) is 22.5. The van der Waals surface area contributed by atoms with Crippen molar-refractivity contribution in [2.45, 2.75) is 13.2 Å². The monoisotopic (exact) mass is 437 g/mol. The van der Waals surface area contributed by atoms with Gasteiger partial charge in [0.1, 0.15) is 12.4 Å². The fourth-order valence-electron chi connectivity index (χ4n) is 4.26. The molecule has 1 aliphatic heterocycles. The molecule has 1 aromatic heterocycles. The average Bonchev–Trinajstić information content (AvgIpc) is 2.89. The van der Waals surface area contributed by atoms with E-state index in [9.17, 15) is 4.79 Å². The fourth-order valence-corrected chi connectivity index (χ4v) is 4.26. The molecular formula is C28H27N3O2. The molecule has 166 valence electrons. The predicted octanol–water partition coefficient (Wildman–Crippen LogP) is 4.77. The van der Waals surface area contributed by atoms with E-state index < -0.39 is 0 Å². The molecular weight excluding hydrogens is 410 g/mol. The van der Waals surface area contributed by atoms with Gasteiger partial charge in [-0.1, -0.05) is 54.6 Å². The maximum absolute atomic E-state index is 13.0. The van der Waals surface area contributed by atoms with E-state index in [-0.39, 0.29) is 5.91 Å². The smallest absolute Gasteiger partial charge is 0.253 e. The molecule has 0 radical (unpaired) electrons. The molecule has 1 amide bonds. The van der Waals surface area contributed by atoms with E-state index in [0.29, 0.717) is 12.2 Å². The zero-order valence-electron chi connectivity index (χ0n) is 18.6. The number of nitrogens with zero attached hydrogens (tertiary/aromatic N) is 3. The first-order valence-corrected chi connectivity index (χ1v) is 11.4. The van der Waals surface area contributed by atoms with Gasteiger partial charge in [-0.05, 0) is 41.5 Å². The quantitative estimate of drug-likeness (QED) is 0.436. The molecule has 1 aliphatic rings. The maximum atomic E-state index is 13.0. The van der Waals surface area contributed by atoms with Crippen LogP contribution in [0.15, 0.2) is 91.1 Å². The van der Waals surface area contributed by atoms with Gasteiger partial charge in [0.2, 0.25) is 0 Å². The summed E-state index contributed by atoms with van der Waals surface area (Å²) < 4.78 is 5.84. The molecule has 3 aromatic carbocycles. The number of piperazine rings is 1. The van der Waals surface area contributed by atoms with Crippen molar-refractivity contribution >= 4 is 16.8 Å². The number of carbonyl (C=O) groups is 1. The molecule has 5 nitrogen and oxygen atoms in total. The summed E-state index contributed by atoms with van der Waals surface area (Å²) in [4.78, 5) is 21.9. The van der Waals surface area contributed by atoms with E-state index in [0.717, 1.165) is 49.6 Å². The Morgan fingerprint density at radius 2 is 1.58 bits per heavy atom. The Morgan fingerprint density at radius 3 is 2.36 bits per heavy atom. The van der Waals surface area contributed by atoms with Crippen LogP contribution >= 0.6 is 0 Å². The standard InChI is InChI=1S/C28H27N3O2/c32-28(24-11-13-26(14-12-24)33-21-22-6-2-1-3-7-22)31-18-16-30(17-19-31)20-25-9-4-8-23-10-5-15-29-27(23)25/h1-15H,16-21H2. The summed E-state index contributed by atoms with van der Waals surface area (Å²) in [7, 11) is 0. The number of hydrogen-bond donors (Lipinski definition) is 0. The summed E-state index contributed by atoms with van der Waals surface area (Å²) in [6.45, 7) is 4.53. The van der Waals surface area contributed by atoms with Crippen LogP contribution in [0, 0.1) is 0 Å². The van der Waals surface area contributed by atoms with Crippen LogP contribution < -0.4 is 4.74 Å². The first-order chi connectivity index (χ1) is 16.3. The van der Waals surface area contributed by atoms with Crippen molar-refractivity contribution in [2.75, 3.05) is 26.2 Å². The molecule has 0 saturated carbocycles. The van der Waals surface area contributed by atoms with Crippen molar-refractivity contribution in [3.63, 3.8) is 0 Å². The molecule has 5 rings (SSSR count). The number of amides is 1. The number of ether oxygens (including phenoxy) is 1. The van der Waals surface area contributed by atoms with Crippen LogP contribution in [0.5, 0.6) is 5.75 Å². The fraction of sp³-hybridized carbons (Fsp3) is 0.214. The number of rotatable bonds is 6. The van der Waals surface area contributed by atoms with Gasteiger partial charge in [0.05, 0.1) is 5.52 Å². The molecule has 33 heavy (non-hydrogen) atoms. The SMILES string of the molecule is O=C(c1ccc(OCc2ccccc2)cc1)N1CCN(Cc2cccc3cccnc23)CC1. The van der Waals surface area contributed by atoms with E-state index in [1.54, 1.807) is 0 Å². The molecule has 4 aromatic rings. The van der Waals surface area contributed by atoms with E-state index >= 15 is 0 Å². The Hall–Kier alpha value is -3.70. The maximum Gasteiger partial charge on any atom is 0.253 e. The number of carbonyl (C=O) groups excluding carboxylic acids is 1. The topological polar surface area (TPSA) is 45.7 Å². The Labute approximate surface area is 194 Å². The summed E-state index contributed by atoms with van der Waals surface area (Å²) in [5, 5.41) is 1.17. The highest BCUT2D eigenvalue weighted by Crippen LogP contribution is 2.20. The molecule has 0 bridgehead atoms. The normalized spacial score (nSPS) is 14.4. The average molecular weight is 438 g/mol. The lowest BCUT2D eigenvalue weighted by molar-refractivity contribution is 0.0629. The summed E-state index contributed by atoms with van der Waals surface area (Å²) >= 11 is 0. The lowest BCUT2D eigenvalue weighted by atomic mass is 10.1. The predicted molar refractivity (Wildman–Crippen MR) is 130 cm³/mol. The van der Waals surface area contributed by atoms with E-state index in [1.165, 1.54) is 10.9 Å². The van der Waals surface area contributed by atoms with Crippen molar-refractivity contribution in [3.8, 4) is 5.75 Å². The minimum Gasteiger partial charge on any atom is -0.489 e. The molecule has 0 N–H and O–H groups in total. The lowest BCUT2D eigenvalue weighted by Gasteiger charge is -2.35. The third-order valence-corrected chi connectivity index (χ3v) is 6.12. The Bertz CT molecular complexity index is 1210. The summed E-state index contributed by atoms with van der Waals surface area (Å²) in [5.41, 5.74) is 4.12. The molecule has 0 unspecified atom stereocenters. The van der Waals surface area contributed by atoms with Gasteiger partial charge in [0.15, 0.2) is 0 Å². The molecule has 1 fully saturated rings. The number of para-hydroxylation sites is 1. The third kappa shape index (κ3) is 5.04. The van der Waals surface area contributed by atoms with Crippen molar-refractivity contribution in [3.05, 3.63) is 108 Å². The van der Waals surface area contributed by atoms with Gasteiger partial charge in [-0.25, -0.2) is 0 Å². The first kappa shape index (κ1) is 21.2. The molecule has 0 aliphatic carbocycles. The largest absolute Gasteiger partial charge is 0.489 e. The lowest BCUT2D eigenvalue weighted by Crippen LogP contribution is -2.48. The summed E-state index contributed by atoms with van der Waals surface area (Å²) in [5.74, 6) is 0.847. The Morgan fingerprint density at radius 1 is 0.818 bits per heavy atom. The van der Waals surface area contributed by atoms with E-state index in [2.05, 4.69) is 34.1 Å². The van der Waals surface area contributed by atoms with Crippen LogP contribution in [0.3, 0.4) is 0 Å². The van der Waals surface area contributed by atoms with Crippen LogP contribution in [0.1, 0.15) is 21.5 Å². The summed E-state index contributed by atoms with van der Waals surface area (Å²) in [6, 6.07) is 27.9. The summed E-state index contributed by atoms with van der Waals surface area (Å²) in [6.07, 6.45) is 1.85. The highest BCUT2D eigenvalue weighted by atomic mass is 16.5. The van der Waals surface area contributed by atoms with Crippen molar-refractivity contribution in [1.29, 1.82) is 0 Å². The Kier molecular flexibility index (Phi) is 6.31. The number of fused-ring (bicyclic) bond motifs is 1. The molecule has 2 heterocycles. The van der Waals surface area contributed by atoms with Gasteiger partial charge < -0.3 is 9.64 Å². The van der Waals surface area contributed by atoms with Crippen LogP contribution in [-0.4, -0.2) is 46.9 Å². The minimum absolute atomic E-state index is 0.0797. The van der Waals surface area contributed by atoms with Crippen molar-refractivity contribution in [2.24, 2.45) is 0 Å². The number of aromatic nitrogens is 1. The highest BCUT2D eigenvalue weighted by molar-refractivity contribution is 5.94. The number of hydrogen-bond acceptors (Lipinski definition) is 4. The molecule has 0 atom stereocenters. The Balaban J connectivity index is 1.15. The van der Waals surface area contributed by atoms with Crippen LogP contribution in [0.4, 0.5) is 0 Å². The minimum atomic E-state index is 0.0797. The third-order valence-electron chi connectivity index (χ3n) is 6.12. The highest BCUT2D eigenvalue weighted by Gasteiger charge is 2.22. The van der Waals surface area contributed by atoms with Crippen LogP contribution in [-0.2, 0) is 13.2 Å². The van der Waals surface area contributed by atoms with Gasteiger partial charge in [0.25, 0.3) is 5.91 Å². The number of benzene rings is 3. The van der Waals surface area contributed by atoms with Gasteiger partial charge >= 0.3 is 0 Å². The van der Waals surface area contributed by atoms with Crippen LogP contribution in [0.25, 0.3) is 10.9 Å². The molecule has 5 heteroatoms.